The van der Waals surface area contributed by atoms with E-state index in [4.69, 9.17) is 5.73 Å². The molecule has 20 heavy (non-hydrogen) atoms. The van der Waals surface area contributed by atoms with Crippen molar-refractivity contribution in [3.8, 4) is 0 Å². The van der Waals surface area contributed by atoms with E-state index >= 15 is 0 Å². The zero-order valence-corrected chi connectivity index (χ0v) is 12.8. The third kappa shape index (κ3) is 3.63. The fourth-order valence-electron chi connectivity index (χ4n) is 1.77. The van der Waals surface area contributed by atoms with Crippen LogP contribution in [-0.4, -0.2) is 19.9 Å². The van der Waals surface area contributed by atoms with Crippen molar-refractivity contribution in [3.05, 3.63) is 46.6 Å². The van der Waals surface area contributed by atoms with E-state index in [1.54, 1.807) is 18.5 Å². The van der Waals surface area contributed by atoms with E-state index in [2.05, 4.69) is 9.71 Å². The van der Waals surface area contributed by atoms with E-state index in [1.165, 1.54) is 11.3 Å². The fourth-order valence-corrected chi connectivity index (χ4v) is 4.32. The molecule has 0 saturated heterocycles. The number of nitrogens with two attached hydrogens (primary N) is 1. The highest BCUT2D eigenvalue weighted by Crippen LogP contribution is 2.25. The molecule has 0 bridgehead atoms. The van der Waals surface area contributed by atoms with Gasteiger partial charge in [0, 0.05) is 30.4 Å². The molecule has 0 unspecified atom stereocenters. The van der Waals surface area contributed by atoms with Crippen LogP contribution in [0.15, 0.2) is 34.8 Å². The van der Waals surface area contributed by atoms with Gasteiger partial charge >= 0.3 is 0 Å². The molecule has 0 aliphatic rings. The summed E-state index contributed by atoms with van der Waals surface area (Å²) in [5.74, 6) is 0. The van der Waals surface area contributed by atoms with Crippen LogP contribution in [0.4, 0.5) is 0 Å². The van der Waals surface area contributed by atoms with Crippen molar-refractivity contribution in [2.75, 3.05) is 6.54 Å². The number of aromatic nitrogens is 1. The molecule has 108 valence electrons. The predicted molar refractivity (Wildman–Crippen MR) is 80.1 cm³/mol. The van der Waals surface area contributed by atoms with Crippen molar-refractivity contribution < 1.29 is 8.42 Å². The lowest BCUT2D eigenvalue weighted by atomic mass is 10.2. The van der Waals surface area contributed by atoms with Crippen LogP contribution in [0.25, 0.3) is 0 Å². The Morgan fingerprint density at radius 3 is 2.65 bits per heavy atom. The summed E-state index contributed by atoms with van der Waals surface area (Å²) in [7, 11) is -3.44. The Labute approximate surface area is 122 Å². The minimum atomic E-state index is -3.44. The van der Waals surface area contributed by atoms with Gasteiger partial charge in [-0.15, -0.1) is 11.3 Å². The van der Waals surface area contributed by atoms with Crippen LogP contribution in [0.2, 0.25) is 0 Å². The summed E-state index contributed by atoms with van der Waals surface area (Å²) in [4.78, 5) is 4.83. The van der Waals surface area contributed by atoms with Crippen LogP contribution in [0.3, 0.4) is 0 Å². The first kappa shape index (κ1) is 15.1. The molecule has 2 rings (SSSR count). The van der Waals surface area contributed by atoms with Crippen LogP contribution in [0, 0.1) is 6.92 Å². The highest BCUT2D eigenvalue weighted by molar-refractivity contribution is 7.91. The zero-order chi connectivity index (χ0) is 14.6. The molecule has 0 spiro atoms. The summed E-state index contributed by atoms with van der Waals surface area (Å²) >= 11 is 1.23. The van der Waals surface area contributed by atoms with Crippen LogP contribution in [-0.2, 0) is 23.0 Å². The molecular formula is C13H17N3O2S2. The van der Waals surface area contributed by atoms with Gasteiger partial charge in [-0.1, -0.05) is 0 Å². The predicted octanol–water partition coefficient (Wildman–Crippen LogP) is 1.43. The number of nitrogens with zero attached hydrogens (tertiary/aromatic N) is 1. The lowest BCUT2D eigenvalue weighted by Gasteiger charge is -2.04. The maximum Gasteiger partial charge on any atom is 0.250 e. The zero-order valence-electron chi connectivity index (χ0n) is 11.2. The molecule has 3 N–H and O–H groups in total. The van der Waals surface area contributed by atoms with Gasteiger partial charge in [-0.3, -0.25) is 4.98 Å². The monoisotopic (exact) mass is 311 g/mol. The Kier molecular flexibility index (Phi) is 4.87. The molecule has 0 aliphatic carbocycles. The second-order valence-corrected chi connectivity index (χ2v) is 7.51. The molecule has 0 aromatic carbocycles. The molecule has 7 heteroatoms. The van der Waals surface area contributed by atoms with Crippen molar-refractivity contribution in [2.45, 2.75) is 24.1 Å². The van der Waals surface area contributed by atoms with E-state index in [0.717, 1.165) is 16.0 Å². The number of rotatable bonds is 6. The molecule has 0 atom stereocenters. The second kappa shape index (κ2) is 6.45. The molecule has 5 nitrogen and oxygen atoms in total. The van der Waals surface area contributed by atoms with Crippen molar-refractivity contribution >= 4 is 21.4 Å². The fraction of sp³-hybridized carbons (Fsp3) is 0.308. The first-order valence-electron chi connectivity index (χ1n) is 6.21. The van der Waals surface area contributed by atoms with Gasteiger partial charge in [-0.05, 0) is 42.7 Å². The molecular weight excluding hydrogens is 294 g/mol. The normalized spacial score (nSPS) is 11.7. The van der Waals surface area contributed by atoms with Gasteiger partial charge < -0.3 is 5.73 Å². The van der Waals surface area contributed by atoms with Crippen molar-refractivity contribution in [1.29, 1.82) is 0 Å². The number of pyridine rings is 1. The summed E-state index contributed by atoms with van der Waals surface area (Å²) in [5.41, 5.74) is 7.54. The first-order valence-corrected chi connectivity index (χ1v) is 8.51. The quantitative estimate of drug-likeness (QED) is 0.845. The molecule has 2 heterocycles. The van der Waals surface area contributed by atoms with E-state index in [1.807, 2.05) is 19.1 Å². The van der Waals surface area contributed by atoms with Gasteiger partial charge in [-0.2, -0.15) is 0 Å². The molecule has 0 fully saturated rings. The van der Waals surface area contributed by atoms with Crippen molar-refractivity contribution in [3.63, 3.8) is 0 Å². The Hall–Kier alpha value is -1.28. The Bertz CT molecular complexity index is 666. The van der Waals surface area contributed by atoms with Crippen molar-refractivity contribution in [1.82, 2.24) is 9.71 Å². The Balaban J connectivity index is 2.00. The third-order valence-electron chi connectivity index (χ3n) is 2.90. The summed E-state index contributed by atoms with van der Waals surface area (Å²) in [6.07, 6.45) is 4.02. The smallest absolute Gasteiger partial charge is 0.250 e. The lowest BCUT2D eigenvalue weighted by Crippen LogP contribution is -2.25. The van der Waals surface area contributed by atoms with E-state index < -0.39 is 10.0 Å². The second-order valence-electron chi connectivity index (χ2n) is 4.38. The molecule has 0 aliphatic heterocycles. The number of aryl methyl sites for hydroxylation is 1. The van der Waals surface area contributed by atoms with Crippen LogP contribution in [0.5, 0.6) is 0 Å². The first-order chi connectivity index (χ1) is 9.53. The lowest BCUT2D eigenvalue weighted by molar-refractivity contribution is 0.583. The van der Waals surface area contributed by atoms with Gasteiger partial charge in [0.25, 0.3) is 0 Å². The minimum Gasteiger partial charge on any atom is -0.326 e. The average Bonchev–Trinajstić information content (AvgIpc) is 2.82. The maximum atomic E-state index is 12.2. The molecule has 2 aromatic heterocycles. The molecule has 0 saturated carbocycles. The maximum absolute atomic E-state index is 12.2. The van der Waals surface area contributed by atoms with E-state index in [-0.39, 0.29) is 0 Å². The topological polar surface area (TPSA) is 85.1 Å². The summed E-state index contributed by atoms with van der Waals surface area (Å²) in [6.45, 7) is 2.60. The SMILES string of the molecule is Cc1cc(S(=O)(=O)NCCc2ccncc2)sc1CN. The Morgan fingerprint density at radius 2 is 2.05 bits per heavy atom. The molecule has 2 aromatic rings. The summed E-state index contributed by atoms with van der Waals surface area (Å²) in [5, 5.41) is 0. The van der Waals surface area contributed by atoms with Gasteiger partial charge in [0.2, 0.25) is 10.0 Å². The Morgan fingerprint density at radius 1 is 1.35 bits per heavy atom. The van der Waals surface area contributed by atoms with Gasteiger partial charge in [0.05, 0.1) is 0 Å². The standard InChI is InChI=1S/C13H17N3O2S2/c1-10-8-13(19-12(10)9-14)20(17,18)16-7-4-11-2-5-15-6-3-11/h2-3,5-6,8,16H,4,7,9,14H2,1H3. The van der Waals surface area contributed by atoms with Gasteiger partial charge in [0.1, 0.15) is 4.21 Å². The number of sulfonamides is 1. The number of nitrogens with one attached hydrogen (secondary N) is 1. The average molecular weight is 311 g/mol. The van der Waals surface area contributed by atoms with Crippen LogP contribution >= 0.6 is 11.3 Å². The molecule has 0 radical (unpaired) electrons. The van der Waals surface area contributed by atoms with Gasteiger partial charge in [0.15, 0.2) is 0 Å². The number of hydrogen-bond donors (Lipinski definition) is 2. The van der Waals surface area contributed by atoms with E-state index in [0.29, 0.717) is 23.7 Å². The minimum absolute atomic E-state index is 0.324. The van der Waals surface area contributed by atoms with E-state index in [9.17, 15) is 8.42 Å². The van der Waals surface area contributed by atoms with Crippen molar-refractivity contribution in [2.24, 2.45) is 5.73 Å². The summed E-state index contributed by atoms with van der Waals surface area (Å²) < 4.78 is 27.2. The summed E-state index contributed by atoms with van der Waals surface area (Å²) in [6, 6.07) is 5.41. The highest BCUT2D eigenvalue weighted by atomic mass is 32.2. The number of thiophene rings is 1. The highest BCUT2D eigenvalue weighted by Gasteiger charge is 2.17. The largest absolute Gasteiger partial charge is 0.326 e. The third-order valence-corrected chi connectivity index (χ3v) is 6.10. The van der Waals surface area contributed by atoms with Gasteiger partial charge in [-0.25, -0.2) is 13.1 Å². The van der Waals surface area contributed by atoms with Crippen LogP contribution < -0.4 is 10.5 Å². The number of hydrogen-bond acceptors (Lipinski definition) is 5. The van der Waals surface area contributed by atoms with Crippen LogP contribution in [0.1, 0.15) is 16.0 Å². The molecule has 0 amide bonds.